The number of nitrogens with zero attached hydrogens (tertiary/aromatic N) is 1. The van der Waals surface area contributed by atoms with Crippen LogP contribution in [0.25, 0.3) is 0 Å². The van der Waals surface area contributed by atoms with E-state index in [1.54, 1.807) is 13.8 Å². The van der Waals surface area contributed by atoms with Gasteiger partial charge >= 0.3 is 5.97 Å². The number of nitrogens with one attached hydrogen (secondary N) is 5. The lowest BCUT2D eigenvalue weighted by molar-refractivity contribution is -0.142. The van der Waals surface area contributed by atoms with Crippen LogP contribution in [0.4, 0.5) is 0 Å². The first-order valence-electron chi connectivity index (χ1n) is 12.1. The van der Waals surface area contributed by atoms with Crippen LogP contribution in [0.15, 0.2) is 4.99 Å². The minimum absolute atomic E-state index is 0.0457. The first-order chi connectivity index (χ1) is 18.1. The van der Waals surface area contributed by atoms with Crippen LogP contribution in [0.3, 0.4) is 0 Å². The Kier molecular flexibility index (Phi) is 16.2. The average molecular weight is 577 g/mol. The van der Waals surface area contributed by atoms with Gasteiger partial charge in [0.2, 0.25) is 29.5 Å². The number of aliphatic imine (C=N–C) groups is 1. The van der Waals surface area contributed by atoms with Crippen LogP contribution < -0.4 is 38.1 Å². The van der Waals surface area contributed by atoms with Crippen LogP contribution in [-0.2, 0) is 28.8 Å². The molecule has 0 aliphatic rings. The lowest BCUT2D eigenvalue weighted by atomic mass is 10.0. The number of hydrogen-bond acceptors (Lipinski definition) is 9. The summed E-state index contributed by atoms with van der Waals surface area (Å²) in [5.74, 6) is -5.68. The molecule has 39 heavy (non-hydrogen) atoms. The number of guanidine groups is 1. The molecule has 222 valence electrons. The van der Waals surface area contributed by atoms with E-state index in [0.717, 1.165) is 0 Å². The summed E-state index contributed by atoms with van der Waals surface area (Å²) < 4.78 is 0. The van der Waals surface area contributed by atoms with Gasteiger partial charge in [0.05, 0.1) is 6.61 Å². The van der Waals surface area contributed by atoms with Crippen molar-refractivity contribution >= 4 is 54.1 Å². The number of aliphatic hydroxyl groups excluding tert-OH is 1. The van der Waals surface area contributed by atoms with Crippen molar-refractivity contribution < 1.29 is 39.0 Å². The molecule has 11 N–H and O–H groups in total. The Morgan fingerprint density at radius 2 is 1.36 bits per heavy atom. The molecule has 0 heterocycles. The van der Waals surface area contributed by atoms with E-state index in [9.17, 15) is 33.9 Å². The maximum absolute atomic E-state index is 13.2. The first-order valence-corrected chi connectivity index (χ1v) is 12.8. The van der Waals surface area contributed by atoms with Crippen molar-refractivity contribution in [2.75, 3.05) is 18.9 Å². The summed E-state index contributed by atoms with van der Waals surface area (Å²) in [5, 5.41) is 30.4. The molecule has 0 fully saturated rings. The third-order valence-electron chi connectivity index (χ3n) is 5.25. The molecule has 5 unspecified atom stereocenters. The van der Waals surface area contributed by atoms with Crippen molar-refractivity contribution in [2.24, 2.45) is 22.4 Å². The Balaban J connectivity index is 5.68. The number of rotatable bonds is 17. The van der Waals surface area contributed by atoms with E-state index >= 15 is 0 Å². The molecular weight excluding hydrogens is 536 g/mol. The quantitative estimate of drug-likeness (QED) is 0.0349. The van der Waals surface area contributed by atoms with Crippen LogP contribution in [0.2, 0.25) is 0 Å². The number of carbonyl (C=O) groups excluding carboxylic acids is 5. The normalized spacial score (nSPS) is 14.5. The minimum atomic E-state index is -1.48. The summed E-state index contributed by atoms with van der Waals surface area (Å²) >= 11 is 4.05. The lowest BCUT2D eigenvalue weighted by Crippen LogP contribution is -2.60. The molecule has 0 aromatic carbocycles. The van der Waals surface area contributed by atoms with Crippen LogP contribution in [-0.4, -0.2) is 101 Å². The van der Waals surface area contributed by atoms with Gasteiger partial charge in [-0.3, -0.25) is 33.8 Å². The molecule has 0 radical (unpaired) electrons. The minimum Gasteiger partial charge on any atom is -0.480 e. The van der Waals surface area contributed by atoms with Crippen molar-refractivity contribution in [1.29, 1.82) is 0 Å². The SMILES string of the molecule is CC(=O)NC(CS)C(=O)NC(CCCN=C(N)N)C(=O)NC(C(=O)NC(CO)C(=O)NC(C)C(=O)O)C(C)C. The van der Waals surface area contributed by atoms with Gasteiger partial charge in [-0.05, 0) is 25.7 Å². The molecule has 0 spiro atoms. The third-order valence-corrected chi connectivity index (χ3v) is 5.61. The Bertz CT molecular complexity index is 912. The van der Waals surface area contributed by atoms with E-state index in [2.05, 4.69) is 44.2 Å². The first kappa shape index (κ1) is 35.4. The van der Waals surface area contributed by atoms with Gasteiger partial charge in [0.25, 0.3) is 0 Å². The fourth-order valence-corrected chi connectivity index (χ4v) is 3.36. The van der Waals surface area contributed by atoms with Crippen molar-refractivity contribution in [3.8, 4) is 0 Å². The van der Waals surface area contributed by atoms with Crippen molar-refractivity contribution in [2.45, 2.75) is 70.7 Å². The van der Waals surface area contributed by atoms with Crippen molar-refractivity contribution in [3.63, 3.8) is 0 Å². The molecule has 0 saturated carbocycles. The van der Waals surface area contributed by atoms with Gasteiger partial charge in [0.15, 0.2) is 5.96 Å². The number of carboxylic acid groups (broad SMARTS) is 1. The second-order valence-electron chi connectivity index (χ2n) is 8.99. The molecule has 17 heteroatoms. The fraction of sp³-hybridized carbons (Fsp3) is 0.682. The van der Waals surface area contributed by atoms with Crippen LogP contribution in [0, 0.1) is 5.92 Å². The third kappa shape index (κ3) is 13.7. The molecule has 0 aromatic heterocycles. The maximum Gasteiger partial charge on any atom is 0.325 e. The van der Waals surface area contributed by atoms with E-state index in [4.69, 9.17) is 16.6 Å². The van der Waals surface area contributed by atoms with Crippen LogP contribution >= 0.6 is 12.6 Å². The van der Waals surface area contributed by atoms with Gasteiger partial charge in [0, 0.05) is 19.2 Å². The Labute approximate surface area is 231 Å². The number of hydrogen-bond donors (Lipinski definition) is 10. The topological polar surface area (TPSA) is 267 Å². The molecule has 5 atom stereocenters. The second kappa shape index (κ2) is 17.8. The molecule has 0 saturated heterocycles. The summed E-state index contributed by atoms with van der Waals surface area (Å²) in [5.41, 5.74) is 10.6. The van der Waals surface area contributed by atoms with E-state index in [0.29, 0.717) is 0 Å². The van der Waals surface area contributed by atoms with Gasteiger partial charge in [-0.1, -0.05) is 13.8 Å². The summed E-state index contributed by atoms with van der Waals surface area (Å²) in [7, 11) is 0. The zero-order chi connectivity index (χ0) is 30.3. The van der Waals surface area contributed by atoms with E-state index in [-0.39, 0.29) is 31.1 Å². The van der Waals surface area contributed by atoms with Crippen molar-refractivity contribution in [3.05, 3.63) is 0 Å². The zero-order valence-corrected chi connectivity index (χ0v) is 23.3. The predicted octanol–water partition coefficient (Wildman–Crippen LogP) is -3.83. The van der Waals surface area contributed by atoms with E-state index in [1.807, 2.05) is 0 Å². The Morgan fingerprint density at radius 1 is 0.821 bits per heavy atom. The van der Waals surface area contributed by atoms with Gasteiger partial charge in [-0.15, -0.1) is 0 Å². The van der Waals surface area contributed by atoms with Gasteiger partial charge in [0.1, 0.15) is 30.2 Å². The standard InChI is InChI=1S/C22H40N8O8S/c1-10(2)16(20(36)29-14(8-31)18(34)26-11(3)21(37)38)30-17(33)13(6-5-7-25-22(23)24)28-19(35)15(9-39)27-12(4)32/h10-11,13-16,31,39H,5-9H2,1-4H3,(H,26,34)(H,27,32)(H,28,35)(H,29,36)(H,30,33)(H,37,38)(H4,23,24,25). The highest BCUT2D eigenvalue weighted by Crippen LogP contribution is 2.07. The van der Waals surface area contributed by atoms with Gasteiger partial charge in [-0.2, -0.15) is 12.6 Å². The van der Waals surface area contributed by atoms with E-state index < -0.39 is 78.2 Å². The predicted molar refractivity (Wildman–Crippen MR) is 144 cm³/mol. The highest BCUT2D eigenvalue weighted by molar-refractivity contribution is 7.80. The average Bonchev–Trinajstić information content (AvgIpc) is 2.84. The smallest absolute Gasteiger partial charge is 0.325 e. The Morgan fingerprint density at radius 3 is 1.82 bits per heavy atom. The number of nitrogens with two attached hydrogens (primary N) is 2. The monoisotopic (exact) mass is 576 g/mol. The highest BCUT2D eigenvalue weighted by atomic mass is 32.1. The van der Waals surface area contributed by atoms with Crippen molar-refractivity contribution in [1.82, 2.24) is 26.6 Å². The molecule has 0 aliphatic heterocycles. The largest absolute Gasteiger partial charge is 0.480 e. The molecule has 16 nitrogen and oxygen atoms in total. The van der Waals surface area contributed by atoms with Crippen LogP contribution in [0.1, 0.15) is 40.5 Å². The molecule has 0 rings (SSSR count). The Hall–Kier alpha value is -3.60. The van der Waals surface area contributed by atoms with Gasteiger partial charge < -0.3 is 48.3 Å². The van der Waals surface area contributed by atoms with Gasteiger partial charge in [-0.25, -0.2) is 0 Å². The maximum atomic E-state index is 13.2. The number of carbonyl (C=O) groups is 6. The van der Waals surface area contributed by atoms with E-state index in [1.165, 1.54) is 13.8 Å². The lowest BCUT2D eigenvalue weighted by Gasteiger charge is -2.27. The fourth-order valence-electron chi connectivity index (χ4n) is 3.10. The number of carboxylic acids is 1. The number of aliphatic carboxylic acids is 1. The number of aliphatic hydroxyl groups is 1. The number of thiol groups is 1. The summed E-state index contributed by atoms with van der Waals surface area (Å²) in [6.45, 7) is 4.98. The highest BCUT2D eigenvalue weighted by Gasteiger charge is 2.32. The summed E-state index contributed by atoms with van der Waals surface area (Å²) in [6, 6.07) is -6.15. The molecule has 0 bridgehead atoms. The summed E-state index contributed by atoms with van der Waals surface area (Å²) in [4.78, 5) is 77.3. The second-order valence-corrected chi connectivity index (χ2v) is 9.35. The molecule has 5 amide bonds. The summed E-state index contributed by atoms with van der Waals surface area (Å²) in [6.07, 6.45) is 0.337. The molecule has 0 aromatic rings. The molecule has 0 aliphatic carbocycles. The zero-order valence-electron chi connectivity index (χ0n) is 22.4. The van der Waals surface area contributed by atoms with Crippen LogP contribution in [0.5, 0.6) is 0 Å². The number of amides is 5. The molecular formula is C22H40N8O8S.